The van der Waals surface area contributed by atoms with Gasteiger partial charge in [-0.1, -0.05) is 45.0 Å². The summed E-state index contributed by atoms with van der Waals surface area (Å²) in [5.74, 6) is -2.38. The molecule has 1 N–H and O–H groups in total. The summed E-state index contributed by atoms with van der Waals surface area (Å²) in [5, 5.41) is 20.6. The molecule has 3 aromatic rings. The first-order valence-corrected chi connectivity index (χ1v) is 11.2. The number of halogens is 1. The summed E-state index contributed by atoms with van der Waals surface area (Å²) in [6.07, 6.45) is 0. The first-order valence-electron chi connectivity index (χ1n) is 11.2. The van der Waals surface area contributed by atoms with Gasteiger partial charge in [0.1, 0.15) is 11.6 Å². The summed E-state index contributed by atoms with van der Waals surface area (Å²) < 4.78 is 13.7. The molecule has 1 heterocycles. The van der Waals surface area contributed by atoms with E-state index >= 15 is 0 Å². The molecule has 1 saturated heterocycles. The molecule has 1 fully saturated rings. The molecule has 1 aliphatic rings. The van der Waals surface area contributed by atoms with Crippen molar-refractivity contribution in [3.8, 4) is 6.07 Å². The molecular formula is C29H25FN2O3. The molecular weight excluding hydrogens is 443 g/mol. The number of Topliss-reactive ketones (excluding diaryl/α,β-unsaturated/α-hetero) is 1. The Morgan fingerprint density at radius 1 is 1.00 bits per heavy atom. The van der Waals surface area contributed by atoms with E-state index in [1.807, 2.05) is 52.0 Å². The molecule has 0 saturated carbocycles. The lowest BCUT2D eigenvalue weighted by molar-refractivity contribution is -0.132. The monoisotopic (exact) mass is 468 g/mol. The summed E-state index contributed by atoms with van der Waals surface area (Å²) in [6.45, 7) is 7.96. The van der Waals surface area contributed by atoms with Crippen LogP contribution in [0.2, 0.25) is 0 Å². The van der Waals surface area contributed by atoms with Gasteiger partial charge in [0, 0.05) is 11.3 Å². The van der Waals surface area contributed by atoms with Crippen molar-refractivity contribution < 1.29 is 19.1 Å². The number of carbonyl (C=O) groups excluding carboxylic acids is 2. The van der Waals surface area contributed by atoms with Crippen molar-refractivity contribution in [1.29, 1.82) is 5.26 Å². The van der Waals surface area contributed by atoms with Gasteiger partial charge in [-0.2, -0.15) is 5.26 Å². The van der Waals surface area contributed by atoms with Crippen molar-refractivity contribution >= 4 is 23.1 Å². The van der Waals surface area contributed by atoms with Gasteiger partial charge in [0.25, 0.3) is 11.7 Å². The van der Waals surface area contributed by atoms with E-state index < -0.39 is 23.5 Å². The predicted octanol–water partition coefficient (Wildman–Crippen LogP) is 5.93. The topological polar surface area (TPSA) is 81.4 Å². The maximum Gasteiger partial charge on any atom is 0.300 e. The Balaban J connectivity index is 1.97. The Bertz CT molecular complexity index is 1390. The predicted molar refractivity (Wildman–Crippen MR) is 132 cm³/mol. The number of aliphatic hydroxyl groups is 1. The van der Waals surface area contributed by atoms with Crippen LogP contribution < -0.4 is 4.90 Å². The molecule has 1 amide bonds. The normalized spacial score (nSPS) is 17.5. The Hall–Kier alpha value is -4.24. The molecule has 5 nitrogen and oxygen atoms in total. The quantitative estimate of drug-likeness (QED) is 0.293. The third-order valence-electron chi connectivity index (χ3n) is 6.26. The highest BCUT2D eigenvalue weighted by molar-refractivity contribution is 6.51. The van der Waals surface area contributed by atoms with Gasteiger partial charge in [0.2, 0.25) is 0 Å². The van der Waals surface area contributed by atoms with E-state index in [1.165, 1.54) is 29.2 Å². The Kier molecular flexibility index (Phi) is 6.04. The highest BCUT2D eigenvalue weighted by Gasteiger charge is 2.47. The smallest absolute Gasteiger partial charge is 0.300 e. The number of nitrogens with zero attached hydrogens (tertiary/aromatic N) is 2. The molecule has 0 aromatic heterocycles. The van der Waals surface area contributed by atoms with Crippen molar-refractivity contribution in [3.05, 3.63) is 106 Å². The number of anilines is 1. The van der Waals surface area contributed by atoms with Gasteiger partial charge in [-0.15, -0.1) is 0 Å². The largest absolute Gasteiger partial charge is 0.507 e. The number of carbonyl (C=O) groups is 2. The standard InChI is InChI=1S/C29H25FN2O3/c1-17-5-10-20(29(2,3)4)15-23(17)26(33)24-25(19-8-11-21(30)12-9-19)32(28(35)27(24)34)22-13-6-18(16-31)7-14-22/h5-15,25,33H,1-4H3/b26-24+. The number of rotatable bonds is 3. The minimum atomic E-state index is -0.971. The second-order valence-electron chi connectivity index (χ2n) is 9.66. The molecule has 35 heavy (non-hydrogen) atoms. The number of ketones is 1. The maximum atomic E-state index is 13.7. The average Bonchev–Trinajstić information content (AvgIpc) is 3.09. The van der Waals surface area contributed by atoms with Crippen molar-refractivity contribution in [1.82, 2.24) is 0 Å². The summed E-state index contributed by atoms with van der Waals surface area (Å²) in [7, 11) is 0. The van der Waals surface area contributed by atoms with Crippen molar-refractivity contribution in [2.75, 3.05) is 4.90 Å². The van der Waals surface area contributed by atoms with Crippen LogP contribution in [0.25, 0.3) is 5.76 Å². The molecule has 0 aliphatic carbocycles. The van der Waals surface area contributed by atoms with E-state index in [0.29, 0.717) is 22.4 Å². The molecule has 1 aliphatic heterocycles. The van der Waals surface area contributed by atoms with Crippen molar-refractivity contribution in [2.24, 2.45) is 0 Å². The summed E-state index contributed by atoms with van der Waals surface area (Å²) in [5.41, 5.74) is 3.16. The van der Waals surface area contributed by atoms with E-state index in [2.05, 4.69) is 0 Å². The van der Waals surface area contributed by atoms with E-state index in [1.54, 1.807) is 24.3 Å². The zero-order valence-electron chi connectivity index (χ0n) is 20.0. The summed E-state index contributed by atoms with van der Waals surface area (Å²) >= 11 is 0. The molecule has 1 unspecified atom stereocenters. The lowest BCUT2D eigenvalue weighted by Gasteiger charge is -2.26. The minimum absolute atomic E-state index is 0.0693. The number of nitriles is 1. The van der Waals surface area contributed by atoms with Crippen LogP contribution in [-0.4, -0.2) is 16.8 Å². The number of hydrogen-bond donors (Lipinski definition) is 1. The van der Waals surface area contributed by atoms with Crippen LogP contribution in [0.5, 0.6) is 0 Å². The van der Waals surface area contributed by atoms with Crippen LogP contribution in [0.15, 0.2) is 72.3 Å². The molecule has 176 valence electrons. The van der Waals surface area contributed by atoms with Crippen LogP contribution in [0.1, 0.15) is 54.6 Å². The fraction of sp³-hybridized carbons (Fsp3) is 0.207. The first kappa shape index (κ1) is 23.9. The van der Waals surface area contributed by atoms with E-state index in [4.69, 9.17) is 5.26 Å². The number of hydrogen-bond acceptors (Lipinski definition) is 4. The zero-order valence-corrected chi connectivity index (χ0v) is 20.0. The van der Waals surface area contributed by atoms with Crippen molar-refractivity contribution in [3.63, 3.8) is 0 Å². The van der Waals surface area contributed by atoms with Gasteiger partial charge >= 0.3 is 0 Å². The molecule has 1 atom stereocenters. The van der Waals surface area contributed by atoms with Crippen LogP contribution in [0.4, 0.5) is 10.1 Å². The van der Waals surface area contributed by atoms with Gasteiger partial charge in [0.05, 0.1) is 23.2 Å². The second kappa shape index (κ2) is 8.84. The van der Waals surface area contributed by atoms with E-state index in [0.717, 1.165) is 11.1 Å². The summed E-state index contributed by atoms with van der Waals surface area (Å²) in [4.78, 5) is 27.9. The Labute approximate surface area is 203 Å². The fourth-order valence-corrected chi connectivity index (χ4v) is 4.24. The van der Waals surface area contributed by atoms with Gasteiger partial charge < -0.3 is 5.11 Å². The van der Waals surface area contributed by atoms with Crippen LogP contribution in [0.3, 0.4) is 0 Å². The average molecular weight is 469 g/mol. The molecule has 3 aromatic carbocycles. The van der Waals surface area contributed by atoms with Gasteiger partial charge in [0.15, 0.2) is 0 Å². The number of amides is 1. The molecule has 0 bridgehead atoms. The third-order valence-corrected chi connectivity index (χ3v) is 6.26. The Morgan fingerprint density at radius 2 is 1.63 bits per heavy atom. The Morgan fingerprint density at radius 3 is 2.20 bits per heavy atom. The van der Waals surface area contributed by atoms with Gasteiger partial charge in [-0.25, -0.2) is 4.39 Å². The van der Waals surface area contributed by atoms with E-state index in [9.17, 15) is 19.1 Å². The van der Waals surface area contributed by atoms with Crippen molar-refractivity contribution in [2.45, 2.75) is 39.2 Å². The number of aryl methyl sites for hydroxylation is 1. The summed E-state index contributed by atoms with van der Waals surface area (Å²) in [6, 6.07) is 18.5. The van der Waals surface area contributed by atoms with Crippen LogP contribution >= 0.6 is 0 Å². The molecule has 4 rings (SSSR count). The lowest BCUT2D eigenvalue weighted by Crippen LogP contribution is -2.29. The highest BCUT2D eigenvalue weighted by atomic mass is 19.1. The second-order valence-corrected chi connectivity index (χ2v) is 9.66. The number of aliphatic hydroxyl groups excluding tert-OH is 1. The molecule has 6 heteroatoms. The SMILES string of the molecule is Cc1ccc(C(C)(C)C)cc1/C(O)=C1\C(=O)C(=O)N(c2ccc(C#N)cc2)C1c1ccc(F)cc1. The molecule has 0 radical (unpaired) electrons. The fourth-order valence-electron chi connectivity index (χ4n) is 4.24. The molecule has 0 spiro atoms. The van der Waals surface area contributed by atoms with Gasteiger partial charge in [-0.3, -0.25) is 14.5 Å². The van der Waals surface area contributed by atoms with Crippen LogP contribution in [-0.2, 0) is 15.0 Å². The minimum Gasteiger partial charge on any atom is -0.507 e. The first-order chi connectivity index (χ1) is 16.5. The zero-order chi connectivity index (χ0) is 25.5. The van der Waals surface area contributed by atoms with Crippen LogP contribution in [0, 0.1) is 24.1 Å². The number of benzene rings is 3. The maximum absolute atomic E-state index is 13.7. The lowest BCUT2D eigenvalue weighted by atomic mass is 9.84. The van der Waals surface area contributed by atoms with E-state index in [-0.39, 0.29) is 16.7 Å². The highest BCUT2D eigenvalue weighted by Crippen LogP contribution is 2.43. The third kappa shape index (κ3) is 4.33. The van der Waals surface area contributed by atoms with Gasteiger partial charge in [-0.05, 0) is 71.5 Å².